The lowest BCUT2D eigenvalue weighted by Gasteiger charge is -1.84. The van der Waals surface area contributed by atoms with E-state index in [0.717, 1.165) is 5.56 Å². The second-order valence-electron chi connectivity index (χ2n) is 2.21. The van der Waals surface area contributed by atoms with E-state index in [1.807, 2.05) is 13.0 Å². The normalized spacial score (nSPS) is 9.27. The molecule has 57 valence electrons. The van der Waals surface area contributed by atoms with Crippen LogP contribution < -0.4 is 0 Å². The molecule has 0 aliphatic heterocycles. The van der Waals surface area contributed by atoms with Gasteiger partial charge in [-0.3, -0.25) is 0 Å². The van der Waals surface area contributed by atoms with E-state index in [1.54, 1.807) is 0 Å². The molecule has 0 saturated heterocycles. The zero-order chi connectivity index (χ0) is 8.27. The summed E-state index contributed by atoms with van der Waals surface area (Å²) in [6, 6.07) is 1.82. The molecule has 1 radical (unpaired) electrons. The van der Waals surface area contributed by atoms with Gasteiger partial charge in [-0.05, 0) is 24.1 Å². The standard InChI is InChI=1S/C7H8N3O/c1-5-3-7(4-9-10-8)11-6(5)2/h3H,2,4H2,1H3. The highest BCUT2D eigenvalue weighted by Gasteiger charge is 2.00. The molecule has 0 spiro atoms. The molecule has 4 nitrogen and oxygen atoms in total. The molecule has 0 fully saturated rings. The Morgan fingerprint density at radius 3 is 3.00 bits per heavy atom. The number of furan rings is 1. The van der Waals surface area contributed by atoms with Crippen LogP contribution in [0.25, 0.3) is 10.4 Å². The van der Waals surface area contributed by atoms with Gasteiger partial charge in [0.25, 0.3) is 0 Å². The van der Waals surface area contributed by atoms with Crippen LogP contribution in [0, 0.1) is 13.8 Å². The van der Waals surface area contributed by atoms with Crippen molar-refractivity contribution in [2.75, 3.05) is 0 Å². The predicted octanol–water partition coefficient (Wildman–Crippen LogP) is 2.58. The van der Waals surface area contributed by atoms with Crippen LogP contribution in [0.3, 0.4) is 0 Å². The summed E-state index contributed by atoms with van der Waals surface area (Å²) in [7, 11) is 0. The number of azide groups is 1. The number of hydrogen-bond donors (Lipinski definition) is 0. The molecule has 0 unspecified atom stereocenters. The van der Waals surface area contributed by atoms with E-state index in [4.69, 9.17) is 9.95 Å². The fourth-order valence-corrected chi connectivity index (χ4v) is 0.769. The van der Waals surface area contributed by atoms with E-state index in [2.05, 4.69) is 16.9 Å². The Balaban J connectivity index is 2.80. The van der Waals surface area contributed by atoms with Gasteiger partial charge in [-0.15, -0.1) is 0 Å². The number of nitrogens with zero attached hydrogens (tertiary/aromatic N) is 3. The fraction of sp³-hybridized carbons (Fsp3) is 0.286. The smallest absolute Gasteiger partial charge is 0.110 e. The van der Waals surface area contributed by atoms with Crippen LogP contribution in [0.5, 0.6) is 0 Å². The Kier molecular flexibility index (Phi) is 2.18. The highest BCUT2D eigenvalue weighted by molar-refractivity contribution is 5.21. The first kappa shape index (κ1) is 7.69. The molecular formula is C7H8N3O. The lowest BCUT2D eigenvalue weighted by Crippen LogP contribution is -1.70. The molecule has 1 aromatic heterocycles. The summed E-state index contributed by atoms with van der Waals surface area (Å²) in [4.78, 5) is 2.61. The van der Waals surface area contributed by atoms with Gasteiger partial charge in [0.2, 0.25) is 0 Å². The molecule has 0 amide bonds. The van der Waals surface area contributed by atoms with E-state index < -0.39 is 0 Å². The molecule has 0 saturated carbocycles. The second-order valence-corrected chi connectivity index (χ2v) is 2.21. The Morgan fingerprint density at radius 1 is 1.82 bits per heavy atom. The van der Waals surface area contributed by atoms with E-state index in [-0.39, 0.29) is 6.54 Å². The number of aryl methyl sites for hydroxylation is 1. The van der Waals surface area contributed by atoms with Gasteiger partial charge in [-0.25, -0.2) is 0 Å². The van der Waals surface area contributed by atoms with Crippen molar-refractivity contribution < 1.29 is 4.42 Å². The van der Waals surface area contributed by atoms with Crippen LogP contribution >= 0.6 is 0 Å². The molecule has 0 N–H and O–H groups in total. The Morgan fingerprint density at radius 2 is 2.55 bits per heavy atom. The molecule has 1 heterocycles. The maximum absolute atomic E-state index is 8.00. The maximum atomic E-state index is 8.00. The third-order valence-corrected chi connectivity index (χ3v) is 1.36. The first-order valence-electron chi connectivity index (χ1n) is 3.16. The predicted molar refractivity (Wildman–Crippen MR) is 40.8 cm³/mol. The molecule has 11 heavy (non-hydrogen) atoms. The van der Waals surface area contributed by atoms with Gasteiger partial charge in [0.05, 0.1) is 6.54 Å². The molecule has 1 aromatic rings. The minimum Gasteiger partial charge on any atom is -0.466 e. The Hall–Kier alpha value is -1.41. The third-order valence-electron chi connectivity index (χ3n) is 1.36. The Bertz CT molecular complexity index is 277. The first-order chi connectivity index (χ1) is 5.24. The lowest BCUT2D eigenvalue weighted by atomic mass is 10.3. The molecular weight excluding hydrogens is 142 g/mol. The maximum Gasteiger partial charge on any atom is 0.110 e. The number of hydrogen-bond acceptors (Lipinski definition) is 2. The molecule has 0 aliphatic rings. The highest BCUT2D eigenvalue weighted by Crippen LogP contribution is 2.13. The fourth-order valence-electron chi connectivity index (χ4n) is 0.769. The quantitative estimate of drug-likeness (QED) is 0.363. The topological polar surface area (TPSA) is 61.9 Å². The average molecular weight is 150 g/mol. The SMILES string of the molecule is [CH2]c1oc(CN=[N+]=[N-])cc1C. The first-order valence-corrected chi connectivity index (χ1v) is 3.16. The van der Waals surface area contributed by atoms with Gasteiger partial charge >= 0.3 is 0 Å². The van der Waals surface area contributed by atoms with Gasteiger partial charge in [-0.2, -0.15) is 0 Å². The van der Waals surface area contributed by atoms with Crippen molar-refractivity contribution >= 4 is 0 Å². The average Bonchev–Trinajstić information content (AvgIpc) is 2.28. The second kappa shape index (κ2) is 3.12. The lowest BCUT2D eigenvalue weighted by molar-refractivity contribution is 0.495. The van der Waals surface area contributed by atoms with Gasteiger partial charge < -0.3 is 4.42 Å². The Labute approximate surface area is 64.5 Å². The monoisotopic (exact) mass is 150 g/mol. The highest BCUT2D eigenvalue weighted by atomic mass is 16.3. The number of rotatable bonds is 2. The van der Waals surface area contributed by atoms with Crippen LogP contribution in [0.4, 0.5) is 0 Å². The van der Waals surface area contributed by atoms with Crippen molar-refractivity contribution in [1.82, 2.24) is 0 Å². The van der Waals surface area contributed by atoms with Crippen LogP contribution in [0.15, 0.2) is 15.6 Å². The summed E-state index contributed by atoms with van der Waals surface area (Å²) in [5.41, 5.74) is 8.98. The van der Waals surface area contributed by atoms with Crippen molar-refractivity contribution in [3.05, 3.63) is 40.5 Å². The summed E-state index contributed by atoms with van der Waals surface area (Å²) in [6.07, 6.45) is 0. The van der Waals surface area contributed by atoms with Crippen molar-refractivity contribution in [3.8, 4) is 0 Å². The van der Waals surface area contributed by atoms with E-state index in [9.17, 15) is 0 Å². The van der Waals surface area contributed by atoms with Crippen LogP contribution in [0.1, 0.15) is 17.1 Å². The molecule has 0 atom stereocenters. The van der Waals surface area contributed by atoms with Crippen LogP contribution in [-0.2, 0) is 6.54 Å². The molecule has 0 bridgehead atoms. The summed E-state index contributed by atoms with van der Waals surface area (Å²) in [5, 5.41) is 3.36. The summed E-state index contributed by atoms with van der Waals surface area (Å²) < 4.78 is 5.14. The minimum atomic E-state index is 0.257. The van der Waals surface area contributed by atoms with E-state index in [1.165, 1.54) is 0 Å². The zero-order valence-electron chi connectivity index (χ0n) is 6.24. The van der Waals surface area contributed by atoms with Gasteiger partial charge in [-0.1, -0.05) is 5.11 Å². The summed E-state index contributed by atoms with van der Waals surface area (Å²) >= 11 is 0. The molecule has 1 rings (SSSR count). The third kappa shape index (κ3) is 1.75. The zero-order valence-corrected chi connectivity index (χ0v) is 6.24. The van der Waals surface area contributed by atoms with Crippen molar-refractivity contribution in [2.45, 2.75) is 13.5 Å². The summed E-state index contributed by atoms with van der Waals surface area (Å²) in [5.74, 6) is 1.29. The summed E-state index contributed by atoms with van der Waals surface area (Å²) in [6.45, 7) is 5.80. The van der Waals surface area contributed by atoms with Gasteiger partial charge in [0, 0.05) is 11.8 Å². The van der Waals surface area contributed by atoms with E-state index >= 15 is 0 Å². The van der Waals surface area contributed by atoms with Crippen molar-refractivity contribution in [2.24, 2.45) is 5.11 Å². The molecule has 0 aliphatic carbocycles. The largest absolute Gasteiger partial charge is 0.466 e. The van der Waals surface area contributed by atoms with Crippen LogP contribution in [-0.4, -0.2) is 0 Å². The van der Waals surface area contributed by atoms with Gasteiger partial charge in [0.15, 0.2) is 0 Å². The van der Waals surface area contributed by atoms with Crippen LogP contribution in [0.2, 0.25) is 0 Å². The molecule has 0 aromatic carbocycles. The van der Waals surface area contributed by atoms with Gasteiger partial charge in [0.1, 0.15) is 11.5 Å². The minimum absolute atomic E-state index is 0.257. The molecule has 4 heteroatoms. The van der Waals surface area contributed by atoms with Crippen molar-refractivity contribution in [3.63, 3.8) is 0 Å². The van der Waals surface area contributed by atoms with Crippen molar-refractivity contribution in [1.29, 1.82) is 0 Å². The van der Waals surface area contributed by atoms with E-state index in [0.29, 0.717) is 11.5 Å².